The van der Waals surface area contributed by atoms with Gasteiger partial charge in [-0.05, 0) is 0 Å². The quantitative estimate of drug-likeness (QED) is 0.701. The first kappa shape index (κ1) is 12.0. The molecule has 0 aromatic carbocycles. The van der Waals surface area contributed by atoms with Crippen molar-refractivity contribution in [3.8, 4) is 0 Å². The lowest BCUT2D eigenvalue weighted by Crippen LogP contribution is -2.15. The Bertz CT molecular complexity index is 532. The number of hydrogen-bond donors (Lipinski definition) is 0. The normalized spacial score (nSPS) is 13.3. The summed E-state index contributed by atoms with van der Waals surface area (Å²) in [6.07, 6.45) is 1.71. The third kappa shape index (κ3) is 2.30. The van der Waals surface area contributed by atoms with E-state index in [0.717, 1.165) is 5.82 Å². The smallest absolute Gasteiger partial charge is 0.202 e. The summed E-state index contributed by atoms with van der Waals surface area (Å²) in [5.41, 5.74) is 1.12. The zero-order chi connectivity index (χ0) is 12.8. The molecule has 0 radical (unpaired) electrons. The van der Waals surface area contributed by atoms with Crippen molar-refractivity contribution in [2.45, 2.75) is 52.4 Å². The third-order valence-electron chi connectivity index (χ3n) is 2.46. The molecular weight excluding hydrogens is 214 g/mol. The first-order valence-corrected chi connectivity index (χ1v) is 5.82. The van der Waals surface area contributed by atoms with Crippen molar-refractivity contribution in [2.75, 3.05) is 0 Å². The van der Waals surface area contributed by atoms with E-state index in [9.17, 15) is 0 Å². The fourth-order valence-electron chi connectivity index (χ4n) is 1.42. The maximum atomic E-state index is 5.66. The molecule has 17 heavy (non-hydrogen) atoms. The number of fused-ring (bicyclic) bond motifs is 1. The lowest BCUT2D eigenvalue weighted by molar-refractivity contribution is 0.410. The average Bonchev–Trinajstić information content (AvgIpc) is 2.57. The van der Waals surface area contributed by atoms with Gasteiger partial charge in [-0.15, -0.1) is 0 Å². The van der Waals surface area contributed by atoms with E-state index in [-0.39, 0.29) is 10.8 Å². The Balaban J connectivity index is 2.56. The van der Waals surface area contributed by atoms with Gasteiger partial charge in [0.05, 0.1) is 6.20 Å². The summed E-state index contributed by atoms with van der Waals surface area (Å²) < 4.78 is 5.66. The number of hydrogen-bond acceptors (Lipinski definition) is 4. The van der Waals surface area contributed by atoms with Crippen LogP contribution in [0.4, 0.5) is 0 Å². The molecule has 0 aliphatic carbocycles. The van der Waals surface area contributed by atoms with Gasteiger partial charge in [0.2, 0.25) is 11.5 Å². The minimum absolute atomic E-state index is 0.0744. The third-order valence-corrected chi connectivity index (χ3v) is 2.46. The Morgan fingerprint density at radius 2 is 1.59 bits per heavy atom. The van der Waals surface area contributed by atoms with Gasteiger partial charge in [-0.2, -0.15) is 4.98 Å². The van der Waals surface area contributed by atoms with Crippen LogP contribution in [0.25, 0.3) is 11.2 Å². The van der Waals surface area contributed by atoms with E-state index < -0.39 is 0 Å². The SMILES string of the molecule is CC(C)(C)c1ncc2oc(C(C)(C)C)nc2n1. The van der Waals surface area contributed by atoms with E-state index in [0.29, 0.717) is 17.1 Å². The van der Waals surface area contributed by atoms with Gasteiger partial charge in [0, 0.05) is 10.8 Å². The standard InChI is InChI=1S/C13H19N3O/c1-12(2,3)10-14-7-8-9(15-10)16-11(17-8)13(4,5)6/h7H,1-6H3. The van der Waals surface area contributed by atoms with E-state index >= 15 is 0 Å². The second-order valence-electron chi connectivity index (χ2n) is 6.40. The molecule has 0 aliphatic rings. The molecule has 2 aromatic heterocycles. The Hall–Kier alpha value is -1.45. The highest BCUT2D eigenvalue weighted by Gasteiger charge is 2.23. The second kappa shape index (κ2) is 3.52. The Morgan fingerprint density at radius 1 is 0.941 bits per heavy atom. The molecule has 0 N–H and O–H groups in total. The summed E-state index contributed by atoms with van der Waals surface area (Å²) in [7, 11) is 0. The van der Waals surface area contributed by atoms with E-state index in [4.69, 9.17) is 4.42 Å². The molecule has 0 atom stereocenters. The number of oxazole rings is 1. The fraction of sp³-hybridized carbons (Fsp3) is 0.615. The van der Waals surface area contributed by atoms with Crippen molar-refractivity contribution in [3.63, 3.8) is 0 Å². The van der Waals surface area contributed by atoms with Crippen LogP contribution in [0, 0.1) is 0 Å². The lowest BCUT2D eigenvalue weighted by atomic mass is 9.96. The summed E-state index contributed by atoms with van der Waals surface area (Å²) in [5.74, 6) is 1.49. The highest BCUT2D eigenvalue weighted by molar-refractivity contribution is 5.66. The molecule has 92 valence electrons. The Kier molecular flexibility index (Phi) is 2.49. The molecule has 0 spiro atoms. The van der Waals surface area contributed by atoms with Crippen molar-refractivity contribution >= 4 is 11.2 Å². The van der Waals surface area contributed by atoms with Gasteiger partial charge in [-0.1, -0.05) is 41.5 Å². The Morgan fingerprint density at radius 3 is 2.12 bits per heavy atom. The zero-order valence-corrected chi connectivity index (χ0v) is 11.3. The van der Waals surface area contributed by atoms with Crippen LogP contribution in [0.3, 0.4) is 0 Å². The van der Waals surface area contributed by atoms with Crippen molar-refractivity contribution in [1.82, 2.24) is 15.0 Å². The van der Waals surface area contributed by atoms with Gasteiger partial charge in [-0.25, -0.2) is 9.97 Å². The molecule has 0 saturated carbocycles. The van der Waals surface area contributed by atoms with Crippen molar-refractivity contribution in [3.05, 3.63) is 17.9 Å². The minimum Gasteiger partial charge on any atom is -0.437 e. The number of aromatic nitrogens is 3. The predicted molar refractivity (Wildman–Crippen MR) is 67.0 cm³/mol. The summed E-state index contributed by atoms with van der Waals surface area (Å²) in [5, 5.41) is 0. The van der Waals surface area contributed by atoms with Gasteiger partial charge in [-0.3, -0.25) is 0 Å². The van der Waals surface area contributed by atoms with Gasteiger partial charge in [0.15, 0.2) is 5.58 Å². The maximum Gasteiger partial charge on any atom is 0.202 e. The molecule has 0 aliphatic heterocycles. The fourth-order valence-corrected chi connectivity index (χ4v) is 1.42. The largest absolute Gasteiger partial charge is 0.437 e. The van der Waals surface area contributed by atoms with Gasteiger partial charge in [0.25, 0.3) is 0 Å². The Labute approximate surface area is 101 Å². The van der Waals surface area contributed by atoms with Crippen LogP contribution in [0.1, 0.15) is 53.3 Å². The van der Waals surface area contributed by atoms with E-state index in [1.807, 2.05) is 0 Å². The summed E-state index contributed by atoms with van der Waals surface area (Å²) >= 11 is 0. The monoisotopic (exact) mass is 233 g/mol. The minimum atomic E-state index is -0.109. The van der Waals surface area contributed by atoms with Crippen molar-refractivity contribution in [2.24, 2.45) is 0 Å². The highest BCUT2D eigenvalue weighted by atomic mass is 16.4. The molecule has 4 nitrogen and oxygen atoms in total. The highest BCUT2D eigenvalue weighted by Crippen LogP contribution is 2.26. The van der Waals surface area contributed by atoms with Crippen LogP contribution < -0.4 is 0 Å². The van der Waals surface area contributed by atoms with Crippen LogP contribution in [0.15, 0.2) is 10.6 Å². The molecule has 2 heterocycles. The van der Waals surface area contributed by atoms with Crippen molar-refractivity contribution < 1.29 is 4.42 Å². The van der Waals surface area contributed by atoms with Crippen LogP contribution >= 0.6 is 0 Å². The zero-order valence-electron chi connectivity index (χ0n) is 11.3. The first-order valence-electron chi connectivity index (χ1n) is 5.82. The topological polar surface area (TPSA) is 51.8 Å². The molecular formula is C13H19N3O. The predicted octanol–water partition coefficient (Wildman–Crippen LogP) is 3.21. The molecule has 0 saturated heterocycles. The second-order valence-corrected chi connectivity index (χ2v) is 6.40. The van der Waals surface area contributed by atoms with E-state index in [1.165, 1.54) is 0 Å². The summed E-state index contributed by atoms with van der Waals surface area (Å²) in [6, 6.07) is 0. The van der Waals surface area contributed by atoms with Crippen LogP contribution in [-0.4, -0.2) is 15.0 Å². The van der Waals surface area contributed by atoms with Crippen LogP contribution in [-0.2, 0) is 10.8 Å². The molecule has 0 unspecified atom stereocenters. The lowest BCUT2D eigenvalue weighted by Gasteiger charge is -2.14. The first-order chi connectivity index (χ1) is 7.68. The molecule has 0 bridgehead atoms. The van der Waals surface area contributed by atoms with E-state index in [1.54, 1.807) is 6.20 Å². The molecule has 4 heteroatoms. The molecule has 2 aromatic rings. The maximum absolute atomic E-state index is 5.66. The van der Waals surface area contributed by atoms with Gasteiger partial charge in [0.1, 0.15) is 5.82 Å². The molecule has 0 amide bonds. The average molecular weight is 233 g/mol. The van der Waals surface area contributed by atoms with Gasteiger partial charge < -0.3 is 4.42 Å². The molecule has 0 fully saturated rings. The van der Waals surface area contributed by atoms with Crippen LogP contribution in [0.5, 0.6) is 0 Å². The van der Waals surface area contributed by atoms with E-state index in [2.05, 4.69) is 56.5 Å². The van der Waals surface area contributed by atoms with Gasteiger partial charge >= 0.3 is 0 Å². The van der Waals surface area contributed by atoms with Crippen LogP contribution in [0.2, 0.25) is 0 Å². The van der Waals surface area contributed by atoms with Crippen molar-refractivity contribution in [1.29, 1.82) is 0 Å². The number of rotatable bonds is 0. The summed E-state index contributed by atoms with van der Waals surface area (Å²) in [4.78, 5) is 13.2. The summed E-state index contributed by atoms with van der Waals surface area (Å²) in [6.45, 7) is 12.4. The molecule has 2 rings (SSSR count). The number of nitrogens with zero attached hydrogens (tertiary/aromatic N) is 3.